The Morgan fingerprint density at radius 2 is 2.14 bits per heavy atom. The number of nitrogens with one attached hydrogen (secondary N) is 3. The van der Waals surface area contributed by atoms with Crippen LogP contribution in [0.1, 0.15) is 5.56 Å². The van der Waals surface area contributed by atoms with Gasteiger partial charge in [0.15, 0.2) is 0 Å². The molecule has 3 amide bonds. The van der Waals surface area contributed by atoms with Crippen LogP contribution in [-0.4, -0.2) is 44.2 Å². The third-order valence-electron chi connectivity index (χ3n) is 4.79. The molecule has 1 unspecified atom stereocenters. The molecular formula is C20H21ClN4O3. The highest BCUT2D eigenvalue weighted by molar-refractivity contribution is 6.33. The average Bonchev–Trinajstić information content (AvgIpc) is 3.09. The van der Waals surface area contributed by atoms with Crippen molar-refractivity contribution in [3.05, 3.63) is 53.1 Å². The first-order valence-electron chi connectivity index (χ1n) is 9.19. The predicted molar refractivity (Wildman–Crippen MR) is 108 cm³/mol. The van der Waals surface area contributed by atoms with Crippen molar-refractivity contribution in [1.29, 1.82) is 0 Å². The monoisotopic (exact) mass is 400 g/mol. The van der Waals surface area contributed by atoms with E-state index in [4.69, 9.17) is 16.3 Å². The molecule has 146 valence electrons. The summed E-state index contributed by atoms with van der Waals surface area (Å²) in [6.45, 7) is 1.97. The molecule has 0 radical (unpaired) electrons. The number of hydrogen-bond donors (Lipinski definition) is 3. The number of ether oxygens (including phenoxy) is 1. The van der Waals surface area contributed by atoms with Crippen LogP contribution in [0.25, 0.3) is 0 Å². The van der Waals surface area contributed by atoms with Gasteiger partial charge in [-0.05, 0) is 29.8 Å². The number of hydrogen-bond acceptors (Lipinski definition) is 4. The number of anilines is 2. The molecule has 2 aliphatic rings. The van der Waals surface area contributed by atoms with Gasteiger partial charge in [0.2, 0.25) is 5.91 Å². The van der Waals surface area contributed by atoms with Crippen LogP contribution in [0.3, 0.4) is 0 Å². The van der Waals surface area contributed by atoms with Crippen molar-refractivity contribution in [2.45, 2.75) is 12.5 Å². The molecule has 7 nitrogen and oxygen atoms in total. The summed E-state index contributed by atoms with van der Waals surface area (Å²) in [6, 6.07) is 12.8. The number of nitrogens with zero attached hydrogens (tertiary/aromatic N) is 1. The van der Waals surface area contributed by atoms with Crippen LogP contribution >= 0.6 is 11.6 Å². The normalized spacial score (nSPS) is 18.1. The number of para-hydroxylation sites is 1. The molecule has 1 saturated heterocycles. The summed E-state index contributed by atoms with van der Waals surface area (Å²) < 4.78 is 5.82. The van der Waals surface area contributed by atoms with Crippen molar-refractivity contribution in [2.75, 3.05) is 36.4 Å². The Kier molecular flexibility index (Phi) is 5.25. The van der Waals surface area contributed by atoms with Gasteiger partial charge in [0.1, 0.15) is 11.9 Å². The smallest absolute Gasteiger partial charge is 0.319 e. The van der Waals surface area contributed by atoms with Crippen LogP contribution in [0.15, 0.2) is 42.5 Å². The van der Waals surface area contributed by atoms with Gasteiger partial charge in [0.05, 0.1) is 23.8 Å². The van der Waals surface area contributed by atoms with E-state index in [1.165, 1.54) is 0 Å². The van der Waals surface area contributed by atoms with Gasteiger partial charge >= 0.3 is 6.03 Å². The molecule has 0 spiro atoms. The fourth-order valence-electron chi connectivity index (χ4n) is 3.43. The Bertz CT molecular complexity index is 880. The lowest BCUT2D eigenvalue weighted by atomic mass is 10.1. The standard InChI is InChI=1S/C20H21ClN4O3/c21-16-10-14(5-6-17(16)25-8-7-22-19(26)12-25)24-20(27)23-11-15-9-13-3-1-2-4-18(13)28-15/h1-6,10,15H,7-9,11-12H2,(H,22,26)(H2,23,24,27). The molecule has 0 aliphatic carbocycles. The number of halogens is 1. The number of piperazine rings is 1. The molecule has 1 fully saturated rings. The number of urea groups is 1. The van der Waals surface area contributed by atoms with Crippen LogP contribution < -0.4 is 25.6 Å². The first-order chi connectivity index (χ1) is 13.6. The summed E-state index contributed by atoms with van der Waals surface area (Å²) in [6.07, 6.45) is 0.708. The summed E-state index contributed by atoms with van der Waals surface area (Å²) in [5.41, 5.74) is 2.52. The van der Waals surface area contributed by atoms with Gasteiger partial charge in [-0.25, -0.2) is 4.79 Å². The van der Waals surface area contributed by atoms with E-state index in [0.29, 0.717) is 30.3 Å². The molecule has 4 rings (SSSR count). The minimum absolute atomic E-state index is 0.0276. The second-order valence-electron chi connectivity index (χ2n) is 6.82. The van der Waals surface area contributed by atoms with Crippen LogP contribution in [0, 0.1) is 0 Å². The van der Waals surface area contributed by atoms with Gasteiger partial charge in [-0.15, -0.1) is 0 Å². The van der Waals surface area contributed by atoms with Gasteiger partial charge in [-0.2, -0.15) is 0 Å². The van der Waals surface area contributed by atoms with Crippen LogP contribution in [0.5, 0.6) is 5.75 Å². The van der Waals surface area contributed by atoms with E-state index < -0.39 is 0 Å². The first-order valence-corrected chi connectivity index (χ1v) is 9.57. The lowest BCUT2D eigenvalue weighted by molar-refractivity contribution is -0.120. The first kappa shape index (κ1) is 18.4. The zero-order valence-corrected chi connectivity index (χ0v) is 16.0. The molecule has 3 N–H and O–H groups in total. The molecule has 2 aromatic carbocycles. The molecule has 0 bridgehead atoms. The number of amides is 3. The molecular weight excluding hydrogens is 380 g/mol. The fourth-order valence-corrected chi connectivity index (χ4v) is 3.73. The highest BCUT2D eigenvalue weighted by Gasteiger charge is 2.23. The maximum atomic E-state index is 12.2. The minimum atomic E-state index is -0.319. The Labute approximate surface area is 168 Å². The van der Waals surface area contributed by atoms with E-state index in [0.717, 1.165) is 23.4 Å². The fraction of sp³-hybridized carbons (Fsp3) is 0.300. The largest absolute Gasteiger partial charge is 0.488 e. The number of fused-ring (bicyclic) bond motifs is 1. The van der Waals surface area contributed by atoms with E-state index in [9.17, 15) is 9.59 Å². The van der Waals surface area contributed by atoms with Crippen molar-refractivity contribution >= 4 is 34.9 Å². The van der Waals surface area contributed by atoms with Crippen molar-refractivity contribution in [3.8, 4) is 5.75 Å². The maximum absolute atomic E-state index is 12.2. The molecule has 1 atom stereocenters. The van der Waals surface area contributed by atoms with Crippen molar-refractivity contribution in [3.63, 3.8) is 0 Å². The van der Waals surface area contributed by atoms with E-state index >= 15 is 0 Å². The summed E-state index contributed by atoms with van der Waals surface area (Å²) in [5.74, 6) is 0.851. The summed E-state index contributed by atoms with van der Waals surface area (Å²) in [7, 11) is 0. The van der Waals surface area contributed by atoms with Gasteiger partial charge in [0, 0.05) is 25.2 Å². The third-order valence-corrected chi connectivity index (χ3v) is 5.09. The maximum Gasteiger partial charge on any atom is 0.319 e. The molecule has 0 aromatic heterocycles. The summed E-state index contributed by atoms with van der Waals surface area (Å²) in [4.78, 5) is 25.7. The van der Waals surface area contributed by atoms with Gasteiger partial charge in [-0.3, -0.25) is 4.79 Å². The van der Waals surface area contributed by atoms with Gasteiger partial charge in [0.25, 0.3) is 0 Å². The topological polar surface area (TPSA) is 82.7 Å². The van der Waals surface area contributed by atoms with E-state index in [2.05, 4.69) is 16.0 Å². The minimum Gasteiger partial charge on any atom is -0.488 e. The van der Waals surface area contributed by atoms with Crippen molar-refractivity contribution in [1.82, 2.24) is 10.6 Å². The van der Waals surface area contributed by atoms with Crippen LogP contribution in [0.4, 0.5) is 16.2 Å². The lowest BCUT2D eigenvalue weighted by Gasteiger charge is -2.29. The number of carbonyl (C=O) groups excluding carboxylic acids is 2. The van der Waals surface area contributed by atoms with Gasteiger partial charge < -0.3 is 25.6 Å². The number of rotatable bonds is 4. The Hall–Kier alpha value is -2.93. The van der Waals surface area contributed by atoms with E-state index in [-0.39, 0.29) is 24.6 Å². The SMILES string of the molecule is O=C1CN(c2ccc(NC(=O)NCC3Cc4ccccc4O3)cc2Cl)CCN1. The second kappa shape index (κ2) is 7.98. The average molecular weight is 401 g/mol. The molecule has 8 heteroatoms. The lowest BCUT2D eigenvalue weighted by Crippen LogP contribution is -2.47. The van der Waals surface area contributed by atoms with Crippen LogP contribution in [-0.2, 0) is 11.2 Å². The van der Waals surface area contributed by atoms with Crippen LogP contribution in [0.2, 0.25) is 5.02 Å². The van der Waals surface area contributed by atoms with E-state index in [1.54, 1.807) is 12.1 Å². The van der Waals surface area contributed by atoms with Gasteiger partial charge in [-0.1, -0.05) is 29.8 Å². The number of benzene rings is 2. The Balaban J connectivity index is 1.30. The zero-order valence-electron chi connectivity index (χ0n) is 15.2. The number of carbonyl (C=O) groups is 2. The van der Waals surface area contributed by atoms with Crippen molar-refractivity contribution < 1.29 is 14.3 Å². The highest BCUT2D eigenvalue weighted by atomic mass is 35.5. The molecule has 28 heavy (non-hydrogen) atoms. The highest BCUT2D eigenvalue weighted by Crippen LogP contribution is 2.29. The van der Waals surface area contributed by atoms with Crippen molar-refractivity contribution in [2.24, 2.45) is 0 Å². The summed E-state index contributed by atoms with van der Waals surface area (Å²) in [5, 5.41) is 8.88. The molecule has 2 heterocycles. The molecule has 2 aliphatic heterocycles. The van der Waals surface area contributed by atoms with E-state index in [1.807, 2.05) is 35.2 Å². The predicted octanol–water partition coefficient (Wildman–Crippen LogP) is 2.40. The molecule has 0 saturated carbocycles. The summed E-state index contributed by atoms with van der Waals surface area (Å²) >= 11 is 6.36. The Morgan fingerprint density at radius 3 is 2.93 bits per heavy atom. The zero-order chi connectivity index (χ0) is 19.5. The quantitative estimate of drug-likeness (QED) is 0.736. The third kappa shape index (κ3) is 4.14. The Morgan fingerprint density at radius 1 is 1.29 bits per heavy atom. The second-order valence-corrected chi connectivity index (χ2v) is 7.23. The molecule has 2 aromatic rings.